The average Bonchev–Trinajstić information content (AvgIpc) is 2.62. The van der Waals surface area contributed by atoms with Gasteiger partial charge in [-0.15, -0.1) is 0 Å². The van der Waals surface area contributed by atoms with E-state index < -0.39 is 0 Å². The van der Waals surface area contributed by atoms with E-state index in [1.54, 1.807) is 18.2 Å². The van der Waals surface area contributed by atoms with Gasteiger partial charge in [-0.3, -0.25) is 9.59 Å². The summed E-state index contributed by atoms with van der Waals surface area (Å²) in [7, 11) is 0. The molecule has 2 N–H and O–H groups in total. The van der Waals surface area contributed by atoms with Crippen molar-refractivity contribution in [3.63, 3.8) is 0 Å². The summed E-state index contributed by atoms with van der Waals surface area (Å²) >= 11 is 11.9. The number of halogens is 2. The van der Waals surface area contributed by atoms with Gasteiger partial charge in [-0.25, -0.2) is 0 Å². The first kappa shape index (κ1) is 18.7. The van der Waals surface area contributed by atoms with Gasteiger partial charge in [-0.2, -0.15) is 0 Å². The number of amides is 2. The van der Waals surface area contributed by atoms with Crippen LogP contribution < -0.4 is 10.6 Å². The number of para-hydroxylation sites is 1. The first-order chi connectivity index (χ1) is 12.5. The molecule has 26 heavy (non-hydrogen) atoms. The highest BCUT2D eigenvalue weighted by Gasteiger charge is 2.30. The van der Waals surface area contributed by atoms with Crippen LogP contribution in [0.15, 0.2) is 48.5 Å². The molecule has 1 aliphatic carbocycles. The smallest absolute Gasteiger partial charge is 0.227 e. The number of nitrogens with one attached hydrogen (secondary N) is 2. The van der Waals surface area contributed by atoms with Gasteiger partial charge in [-0.1, -0.05) is 41.4 Å². The minimum atomic E-state index is -0.103. The van der Waals surface area contributed by atoms with Gasteiger partial charge in [0.1, 0.15) is 0 Å². The van der Waals surface area contributed by atoms with Crippen LogP contribution in [0.25, 0.3) is 0 Å². The molecule has 6 heteroatoms. The molecule has 1 saturated carbocycles. The molecule has 0 spiro atoms. The van der Waals surface area contributed by atoms with E-state index in [-0.39, 0.29) is 23.7 Å². The molecule has 0 saturated heterocycles. The molecule has 0 aliphatic heterocycles. The van der Waals surface area contributed by atoms with Crippen LogP contribution in [-0.2, 0) is 9.59 Å². The summed E-state index contributed by atoms with van der Waals surface area (Å²) in [6.45, 7) is 0. The lowest BCUT2D eigenvalue weighted by Crippen LogP contribution is -2.32. The molecule has 0 heterocycles. The van der Waals surface area contributed by atoms with Crippen LogP contribution in [0.5, 0.6) is 0 Å². The SMILES string of the molecule is O=C(Nc1ccccc1)C1CCC(C(=O)Nc2cc(Cl)cc(Cl)c2)CC1. The van der Waals surface area contributed by atoms with Crippen LogP contribution in [0.4, 0.5) is 11.4 Å². The van der Waals surface area contributed by atoms with E-state index in [0.29, 0.717) is 41.4 Å². The van der Waals surface area contributed by atoms with Gasteiger partial charge in [0.15, 0.2) is 0 Å². The van der Waals surface area contributed by atoms with Gasteiger partial charge < -0.3 is 10.6 Å². The molecule has 1 fully saturated rings. The van der Waals surface area contributed by atoms with Crippen molar-refractivity contribution in [2.24, 2.45) is 11.8 Å². The van der Waals surface area contributed by atoms with Crippen molar-refractivity contribution >= 4 is 46.4 Å². The summed E-state index contributed by atoms with van der Waals surface area (Å²) in [5.74, 6) is -0.185. The molecule has 0 atom stereocenters. The predicted octanol–water partition coefficient (Wildman–Crippen LogP) is 5.38. The Labute approximate surface area is 162 Å². The molecule has 2 aromatic carbocycles. The Morgan fingerprint density at radius 2 is 1.19 bits per heavy atom. The minimum Gasteiger partial charge on any atom is -0.326 e. The fourth-order valence-corrected chi connectivity index (χ4v) is 3.78. The predicted molar refractivity (Wildman–Crippen MR) is 106 cm³/mol. The van der Waals surface area contributed by atoms with E-state index in [2.05, 4.69) is 10.6 Å². The Hall–Kier alpha value is -2.04. The molecule has 0 bridgehead atoms. The molecule has 0 radical (unpaired) electrons. The van der Waals surface area contributed by atoms with Crippen LogP contribution in [0.1, 0.15) is 25.7 Å². The Bertz CT molecular complexity index is 767. The number of hydrogen-bond acceptors (Lipinski definition) is 2. The summed E-state index contributed by atoms with van der Waals surface area (Å²) in [4.78, 5) is 24.8. The van der Waals surface area contributed by atoms with Gasteiger partial charge in [-0.05, 0) is 56.0 Å². The van der Waals surface area contributed by atoms with Crippen molar-refractivity contribution < 1.29 is 9.59 Å². The number of rotatable bonds is 4. The topological polar surface area (TPSA) is 58.2 Å². The summed E-state index contributed by atoms with van der Waals surface area (Å²) in [6, 6.07) is 14.4. The highest BCUT2D eigenvalue weighted by molar-refractivity contribution is 6.35. The fourth-order valence-electron chi connectivity index (χ4n) is 3.25. The van der Waals surface area contributed by atoms with E-state index in [4.69, 9.17) is 23.2 Å². The van der Waals surface area contributed by atoms with Crippen molar-refractivity contribution in [3.8, 4) is 0 Å². The van der Waals surface area contributed by atoms with Crippen LogP contribution in [0.3, 0.4) is 0 Å². The van der Waals surface area contributed by atoms with Crippen LogP contribution in [0.2, 0.25) is 10.0 Å². The Morgan fingerprint density at radius 1 is 0.731 bits per heavy atom. The summed E-state index contributed by atoms with van der Waals surface area (Å²) < 4.78 is 0. The van der Waals surface area contributed by atoms with Crippen LogP contribution in [0, 0.1) is 11.8 Å². The molecule has 4 nitrogen and oxygen atoms in total. The zero-order chi connectivity index (χ0) is 18.5. The maximum atomic E-state index is 12.5. The second-order valence-electron chi connectivity index (χ2n) is 6.55. The van der Waals surface area contributed by atoms with Crippen molar-refractivity contribution in [1.82, 2.24) is 0 Å². The average molecular weight is 391 g/mol. The van der Waals surface area contributed by atoms with E-state index in [0.717, 1.165) is 5.69 Å². The standard InChI is InChI=1S/C20H20Cl2N2O2/c21-15-10-16(22)12-18(11-15)24-20(26)14-8-6-13(7-9-14)19(25)23-17-4-2-1-3-5-17/h1-5,10-14H,6-9H2,(H,23,25)(H,24,26). The summed E-state index contributed by atoms with van der Waals surface area (Å²) in [5.41, 5.74) is 1.40. The summed E-state index contributed by atoms with van der Waals surface area (Å²) in [5, 5.41) is 6.77. The van der Waals surface area contributed by atoms with Crippen LogP contribution in [-0.4, -0.2) is 11.8 Å². The van der Waals surface area contributed by atoms with Gasteiger partial charge >= 0.3 is 0 Å². The van der Waals surface area contributed by atoms with Gasteiger partial charge in [0.2, 0.25) is 11.8 Å². The molecule has 2 amide bonds. The quantitative estimate of drug-likeness (QED) is 0.736. The molecule has 2 aromatic rings. The number of carbonyl (C=O) groups excluding carboxylic acids is 2. The number of benzene rings is 2. The van der Waals surface area contributed by atoms with Gasteiger partial charge in [0.25, 0.3) is 0 Å². The molecule has 3 rings (SSSR count). The molecule has 1 aliphatic rings. The minimum absolute atomic E-state index is 0.0247. The monoisotopic (exact) mass is 390 g/mol. The molecule has 136 valence electrons. The normalized spacial score (nSPS) is 19.6. The van der Waals surface area contributed by atoms with Gasteiger partial charge in [0, 0.05) is 33.3 Å². The number of anilines is 2. The summed E-state index contributed by atoms with van der Waals surface area (Å²) in [6.07, 6.45) is 2.78. The van der Waals surface area contributed by atoms with E-state index in [1.165, 1.54) is 0 Å². The van der Waals surface area contributed by atoms with E-state index in [9.17, 15) is 9.59 Å². The van der Waals surface area contributed by atoms with E-state index in [1.807, 2.05) is 30.3 Å². The maximum Gasteiger partial charge on any atom is 0.227 e. The molecular formula is C20H20Cl2N2O2. The lowest BCUT2D eigenvalue weighted by atomic mass is 9.81. The van der Waals surface area contributed by atoms with Crippen molar-refractivity contribution in [3.05, 3.63) is 58.6 Å². The lowest BCUT2D eigenvalue weighted by molar-refractivity contribution is -0.125. The third kappa shape index (κ3) is 4.99. The van der Waals surface area contributed by atoms with Crippen molar-refractivity contribution in [2.75, 3.05) is 10.6 Å². The second kappa shape index (κ2) is 8.56. The zero-order valence-electron chi connectivity index (χ0n) is 14.2. The Balaban J connectivity index is 1.51. The highest BCUT2D eigenvalue weighted by atomic mass is 35.5. The molecular weight excluding hydrogens is 371 g/mol. The number of carbonyl (C=O) groups is 2. The maximum absolute atomic E-state index is 12.5. The first-order valence-electron chi connectivity index (χ1n) is 8.64. The second-order valence-corrected chi connectivity index (χ2v) is 7.42. The van der Waals surface area contributed by atoms with Crippen LogP contribution >= 0.6 is 23.2 Å². The Morgan fingerprint density at radius 3 is 1.69 bits per heavy atom. The Kier molecular flexibility index (Phi) is 6.17. The third-order valence-electron chi connectivity index (χ3n) is 4.64. The van der Waals surface area contributed by atoms with Gasteiger partial charge in [0.05, 0.1) is 0 Å². The zero-order valence-corrected chi connectivity index (χ0v) is 15.7. The van der Waals surface area contributed by atoms with Crippen molar-refractivity contribution in [2.45, 2.75) is 25.7 Å². The third-order valence-corrected chi connectivity index (χ3v) is 5.08. The first-order valence-corrected chi connectivity index (χ1v) is 9.40. The number of hydrogen-bond donors (Lipinski definition) is 2. The molecule has 0 unspecified atom stereocenters. The largest absolute Gasteiger partial charge is 0.326 e. The highest BCUT2D eigenvalue weighted by Crippen LogP contribution is 2.31. The van der Waals surface area contributed by atoms with E-state index >= 15 is 0 Å². The van der Waals surface area contributed by atoms with Crippen molar-refractivity contribution in [1.29, 1.82) is 0 Å². The fraction of sp³-hybridized carbons (Fsp3) is 0.300. The lowest BCUT2D eigenvalue weighted by Gasteiger charge is -2.27. The molecule has 0 aromatic heterocycles.